The van der Waals surface area contributed by atoms with Crippen molar-refractivity contribution in [1.29, 1.82) is 0 Å². The first-order chi connectivity index (χ1) is 13.2. The summed E-state index contributed by atoms with van der Waals surface area (Å²) in [6.07, 6.45) is 1.63. The summed E-state index contributed by atoms with van der Waals surface area (Å²) >= 11 is 0. The molecule has 4 rings (SSSR count). The van der Waals surface area contributed by atoms with Crippen LogP contribution in [0.4, 0.5) is 5.95 Å². The molecule has 0 aliphatic rings. The average molecular weight is 363 g/mol. The zero-order valence-corrected chi connectivity index (χ0v) is 14.6. The number of ether oxygens (including phenoxy) is 1. The van der Waals surface area contributed by atoms with Gasteiger partial charge in [-0.1, -0.05) is 12.1 Å². The zero-order chi connectivity index (χ0) is 18.6. The van der Waals surface area contributed by atoms with E-state index in [0.29, 0.717) is 41.9 Å². The van der Waals surface area contributed by atoms with Crippen LogP contribution in [0.15, 0.2) is 47.4 Å². The van der Waals surface area contributed by atoms with E-state index in [2.05, 4.69) is 35.5 Å². The van der Waals surface area contributed by atoms with Gasteiger partial charge in [-0.3, -0.25) is 4.79 Å². The van der Waals surface area contributed by atoms with Crippen molar-refractivity contribution in [1.82, 2.24) is 30.1 Å². The molecule has 0 unspecified atom stereocenters. The molecule has 9 heteroatoms. The van der Waals surface area contributed by atoms with Gasteiger partial charge in [0.05, 0.1) is 28.9 Å². The predicted molar refractivity (Wildman–Crippen MR) is 101 cm³/mol. The summed E-state index contributed by atoms with van der Waals surface area (Å²) < 4.78 is 5.00. The van der Waals surface area contributed by atoms with E-state index < -0.39 is 0 Å². The molecule has 0 aliphatic heterocycles. The van der Waals surface area contributed by atoms with Gasteiger partial charge >= 0.3 is 0 Å². The summed E-state index contributed by atoms with van der Waals surface area (Å²) in [7, 11) is 1.63. The van der Waals surface area contributed by atoms with E-state index in [1.165, 1.54) is 0 Å². The lowest BCUT2D eigenvalue weighted by Crippen LogP contribution is -2.13. The number of aromatic nitrogens is 6. The van der Waals surface area contributed by atoms with Gasteiger partial charge < -0.3 is 15.0 Å². The van der Waals surface area contributed by atoms with Crippen molar-refractivity contribution in [3.63, 3.8) is 0 Å². The van der Waals surface area contributed by atoms with Crippen molar-refractivity contribution in [3.8, 4) is 22.8 Å². The van der Waals surface area contributed by atoms with Gasteiger partial charge in [0.2, 0.25) is 5.95 Å². The van der Waals surface area contributed by atoms with Gasteiger partial charge in [0, 0.05) is 19.9 Å². The van der Waals surface area contributed by atoms with E-state index in [4.69, 9.17) is 4.74 Å². The number of imidazole rings is 1. The number of rotatable bonds is 6. The summed E-state index contributed by atoms with van der Waals surface area (Å²) in [6.45, 7) is 1.13. The molecule has 0 radical (unpaired) electrons. The molecular formula is C18H17N7O2. The second-order valence-electron chi connectivity index (χ2n) is 5.78. The zero-order valence-electron chi connectivity index (χ0n) is 14.6. The van der Waals surface area contributed by atoms with Crippen LogP contribution >= 0.6 is 0 Å². The van der Waals surface area contributed by atoms with Crippen molar-refractivity contribution < 1.29 is 4.74 Å². The highest BCUT2D eigenvalue weighted by molar-refractivity contribution is 5.79. The highest BCUT2D eigenvalue weighted by atomic mass is 16.5. The Kier molecular flexibility index (Phi) is 4.58. The highest BCUT2D eigenvalue weighted by Crippen LogP contribution is 2.21. The number of anilines is 1. The quantitative estimate of drug-likeness (QED) is 0.447. The Labute approximate surface area is 153 Å². The molecular weight excluding hydrogens is 346 g/mol. The van der Waals surface area contributed by atoms with E-state index in [1.807, 2.05) is 24.3 Å². The number of para-hydroxylation sites is 2. The number of hydrogen-bond acceptors (Lipinski definition) is 7. The Morgan fingerprint density at radius 1 is 1.15 bits per heavy atom. The van der Waals surface area contributed by atoms with Gasteiger partial charge in [-0.15, -0.1) is 0 Å². The minimum Gasteiger partial charge on any atom is -0.383 e. The van der Waals surface area contributed by atoms with Crippen molar-refractivity contribution in [2.45, 2.75) is 0 Å². The first-order valence-electron chi connectivity index (χ1n) is 8.35. The van der Waals surface area contributed by atoms with Crippen molar-refractivity contribution in [2.75, 3.05) is 25.6 Å². The van der Waals surface area contributed by atoms with Gasteiger partial charge in [0.1, 0.15) is 11.5 Å². The molecule has 0 saturated heterocycles. The maximum atomic E-state index is 12.3. The van der Waals surface area contributed by atoms with E-state index >= 15 is 0 Å². The molecule has 9 nitrogen and oxygen atoms in total. The lowest BCUT2D eigenvalue weighted by molar-refractivity contribution is 0.210. The van der Waals surface area contributed by atoms with Crippen LogP contribution in [0.5, 0.6) is 0 Å². The number of benzene rings is 1. The Morgan fingerprint density at radius 3 is 2.89 bits per heavy atom. The number of methoxy groups -OCH3 is 1. The van der Waals surface area contributed by atoms with Crippen LogP contribution < -0.4 is 10.9 Å². The molecule has 0 atom stereocenters. The second kappa shape index (κ2) is 7.34. The molecule has 0 saturated carbocycles. The average Bonchev–Trinajstić information content (AvgIpc) is 3.13. The third-order valence-electron chi connectivity index (χ3n) is 3.96. The van der Waals surface area contributed by atoms with Crippen LogP contribution in [0.1, 0.15) is 0 Å². The Hall–Kier alpha value is -3.59. The molecule has 0 spiro atoms. The van der Waals surface area contributed by atoms with Crippen LogP contribution in [0.3, 0.4) is 0 Å². The van der Waals surface area contributed by atoms with Crippen molar-refractivity contribution in [3.05, 3.63) is 52.9 Å². The van der Waals surface area contributed by atoms with Crippen LogP contribution in [-0.4, -0.2) is 50.4 Å². The van der Waals surface area contributed by atoms with Gasteiger partial charge in [0.25, 0.3) is 5.56 Å². The predicted octanol–water partition coefficient (Wildman–Crippen LogP) is 1.83. The number of fused-ring (bicyclic) bond motifs is 1. The van der Waals surface area contributed by atoms with E-state index in [-0.39, 0.29) is 5.56 Å². The molecule has 0 amide bonds. The standard InChI is InChI=1S/C18H17N7O2/c1-27-9-8-20-18-19-7-6-14(23-18)15-10-11(17(26)25-24-15)16-21-12-4-2-3-5-13(12)22-16/h2-7,10H,8-9H2,1H3,(H,21,22)(H,25,26)(H,19,20,23). The monoisotopic (exact) mass is 363 g/mol. The Morgan fingerprint density at radius 2 is 2.04 bits per heavy atom. The first kappa shape index (κ1) is 16.9. The maximum absolute atomic E-state index is 12.3. The molecule has 0 fully saturated rings. The Balaban J connectivity index is 1.70. The minimum atomic E-state index is -0.328. The lowest BCUT2D eigenvalue weighted by Gasteiger charge is -2.06. The third-order valence-corrected chi connectivity index (χ3v) is 3.96. The number of nitrogens with one attached hydrogen (secondary N) is 3. The van der Waals surface area contributed by atoms with Crippen molar-refractivity contribution >= 4 is 17.0 Å². The van der Waals surface area contributed by atoms with Gasteiger partial charge in [-0.05, 0) is 24.3 Å². The largest absolute Gasteiger partial charge is 0.383 e. The van der Waals surface area contributed by atoms with Crippen LogP contribution in [0.2, 0.25) is 0 Å². The molecule has 3 N–H and O–H groups in total. The molecule has 1 aromatic carbocycles. The van der Waals surface area contributed by atoms with Crippen LogP contribution in [0.25, 0.3) is 33.8 Å². The SMILES string of the molecule is COCCNc1nccc(-c2cc(-c3nc4ccccc4[nH]3)c(=O)[nH]n2)n1. The highest BCUT2D eigenvalue weighted by Gasteiger charge is 2.13. The summed E-state index contributed by atoms with van der Waals surface area (Å²) in [5.41, 5.74) is 2.81. The van der Waals surface area contributed by atoms with Crippen LogP contribution in [-0.2, 0) is 4.74 Å². The molecule has 3 aromatic heterocycles. The fraction of sp³-hybridized carbons (Fsp3) is 0.167. The molecule has 136 valence electrons. The molecule has 0 aliphatic carbocycles. The summed E-state index contributed by atoms with van der Waals surface area (Å²) in [5.74, 6) is 0.941. The van der Waals surface area contributed by atoms with Crippen LogP contribution in [0, 0.1) is 0 Å². The number of nitrogens with zero attached hydrogens (tertiary/aromatic N) is 4. The molecule has 3 heterocycles. The molecule has 27 heavy (non-hydrogen) atoms. The smallest absolute Gasteiger partial charge is 0.275 e. The maximum Gasteiger partial charge on any atom is 0.275 e. The topological polar surface area (TPSA) is 121 Å². The van der Waals surface area contributed by atoms with E-state index in [1.54, 1.807) is 25.4 Å². The molecule has 4 aromatic rings. The lowest BCUT2D eigenvalue weighted by atomic mass is 10.2. The number of H-pyrrole nitrogens is 2. The normalized spacial score (nSPS) is 11.0. The van der Waals surface area contributed by atoms with E-state index in [9.17, 15) is 4.79 Å². The molecule has 0 bridgehead atoms. The number of hydrogen-bond donors (Lipinski definition) is 3. The summed E-state index contributed by atoms with van der Waals surface area (Å²) in [5, 5.41) is 9.69. The van der Waals surface area contributed by atoms with Crippen molar-refractivity contribution in [2.24, 2.45) is 0 Å². The number of aromatic amines is 2. The summed E-state index contributed by atoms with van der Waals surface area (Å²) in [6, 6.07) is 11.0. The fourth-order valence-corrected chi connectivity index (χ4v) is 2.64. The fourth-order valence-electron chi connectivity index (χ4n) is 2.64. The first-order valence-corrected chi connectivity index (χ1v) is 8.35. The third kappa shape index (κ3) is 3.53. The van der Waals surface area contributed by atoms with Gasteiger partial charge in [-0.2, -0.15) is 5.10 Å². The van der Waals surface area contributed by atoms with Gasteiger partial charge in [0.15, 0.2) is 0 Å². The second-order valence-corrected chi connectivity index (χ2v) is 5.78. The Bertz CT molecular complexity index is 1100. The van der Waals surface area contributed by atoms with E-state index in [0.717, 1.165) is 11.0 Å². The summed E-state index contributed by atoms with van der Waals surface area (Å²) in [4.78, 5) is 28.5. The van der Waals surface area contributed by atoms with Gasteiger partial charge in [-0.25, -0.2) is 20.1 Å². The minimum absolute atomic E-state index is 0.328.